The number of para-hydroxylation sites is 2. The predicted octanol–water partition coefficient (Wildman–Crippen LogP) is 1.56. The number of nitrogens with zero attached hydrogens (tertiary/aromatic N) is 3. The maximum absolute atomic E-state index is 12.5. The largest absolute Gasteiger partial charge is 0.494 e. The molecule has 0 radical (unpaired) electrons. The summed E-state index contributed by atoms with van der Waals surface area (Å²) in [6.07, 6.45) is 0. The highest BCUT2D eigenvalue weighted by molar-refractivity contribution is 5.76. The van der Waals surface area contributed by atoms with Gasteiger partial charge in [0.25, 0.3) is 5.56 Å². The number of hydrogen-bond donors (Lipinski definition) is 1. The summed E-state index contributed by atoms with van der Waals surface area (Å²) in [6.45, 7) is 3.83. The van der Waals surface area contributed by atoms with Crippen LogP contribution in [0.2, 0.25) is 0 Å². The van der Waals surface area contributed by atoms with Crippen LogP contribution in [0.15, 0.2) is 38.3 Å². The van der Waals surface area contributed by atoms with E-state index in [-0.39, 0.29) is 24.5 Å². The number of aromatic nitrogens is 3. The summed E-state index contributed by atoms with van der Waals surface area (Å²) in [5.74, 6) is -0.415. The summed E-state index contributed by atoms with van der Waals surface area (Å²) in [5, 5.41) is 10.3. The Balaban J connectivity index is 2.39. The van der Waals surface area contributed by atoms with Crippen LogP contribution < -0.4 is 11.2 Å². The van der Waals surface area contributed by atoms with Crippen LogP contribution in [0.4, 0.5) is 0 Å². The zero-order valence-corrected chi connectivity index (χ0v) is 12.2. The van der Waals surface area contributed by atoms with Crippen LogP contribution in [-0.2, 0) is 13.1 Å². The lowest BCUT2D eigenvalue weighted by molar-refractivity contribution is 0.395. The number of oxazole rings is 1. The van der Waals surface area contributed by atoms with Crippen molar-refractivity contribution in [3.8, 4) is 17.3 Å². The van der Waals surface area contributed by atoms with Crippen molar-refractivity contribution in [2.45, 2.75) is 26.9 Å². The SMILES string of the molecule is CCn1c(O)c(-c2nc3ccccc3o2)c(=O)n(CC)c1=O. The third-order valence-electron chi connectivity index (χ3n) is 3.54. The fraction of sp³-hybridized carbons (Fsp3) is 0.267. The molecule has 2 heterocycles. The first kappa shape index (κ1) is 14.1. The lowest BCUT2D eigenvalue weighted by atomic mass is 10.3. The summed E-state index contributed by atoms with van der Waals surface area (Å²) in [6, 6.07) is 7.05. The smallest absolute Gasteiger partial charge is 0.333 e. The van der Waals surface area contributed by atoms with Crippen LogP contribution in [0, 0.1) is 0 Å². The van der Waals surface area contributed by atoms with Crippen molar-refractivity contribution in [3.63, 3.8) is 0 Å². The molecule has 0 aliphatic carbocycles. The van der Waals surface area contributed by atoms with Gasteiger partial charge in [0.1, 0.15) is 5.52 Å². The molecule has 1 aromatic carbocycles. The minimum Gasteiger partial charge on any atom is -0.494 e. The summed E-state index contributed by atoms with van der Waals surface area (Å²) < 4.78 is 7.72. The number of hydrogen-bond acceptors (Lipinski definition) is 5. The first-order valence-corrected chi connectivity index (χ1v) is 7.01. The van der Waals surface area contributed by atoms with Crippen molar-refractivity contribution in [1.82, 2.24) is 14.1 Å². The molecule has 22 heavy (non-hydrogen) atoms. The molecule has 0 atom stereocenters. The van der Waals surface area contributed by atoms with Crippen LogP contribution in [0.25, 0.3) is 22.6 Å². The molecule has 0 unspecified atom stereocenters. The van der Waals surface area contributed by atoms with Gasteiger partial charge in [-0.15, -0.1) is 0 Å². The topological polar surface area (TPSA) is 90.3 Å². The van der Waals surface area contributed by atoms with E-state index < -0.39 is 17.1 Å². The second-order valence-electron chi connectivity index (χ2n) is 4.76. The first-order valence-electron chi connectivity index (χ1n) is 7.01. The van der Waals surface area contributed by atoms with Crippen LogP contribution in [0.5, 0.6) is 5.88 Å². The molecular weight excluding hydrogens is 286 g/mol. The van der Waals surface area contributed by atoms with Gasteiger partial charge in [0.15, 0.2) is 11.1 Å². The Bertz CT molecular complexity index is 932. The zero-order valence-electron chi connectivity index (χ0n) is 12.2. The van der Waals surface area contributed by atoms with E-state index in [2.05, 4.69) is 4.98 Å². The van der Waals surface area contributed by atoms with Crippen molar-refractivity contribution in [1.29, 1.82) is 0 Å². The molecule has 7 heteroatoms. The molecule has 0 saturated carbocycles. The highest BCUT2D eigenvalue weighted by Crippen LogP contribution is 2.27. The second-order valence-corrected chi connectivity index (χ2v) is 4.76. The first-order chi connectivity index (χ1) is 10.6. The quantitative estimate of drug-likeness (QED) is 0.793. The lowest BCUT2D eigenvalue weighted by Gasteiger charge is -2.11. The number of fused-ring (bicyclic) bond motifs is 1. The van der Waals surface area contributed by atoms with Gasteiger partial charge in [-0.05, 0) is 26.0 Å². The van der Waals surface area contributed by atoms with Gasteiger partial charge in [0.05, 0.1) is 0 Å². The average Bonchev–Trinajstić information content (AvgIpc) is 2.91. The maximum atomic E-state index is 12.5. The molecule has 1 N–H and O–H groups in total. The second kappa shape index (κ2) is 5.18. The van der Waals surface area contributed by atoms with E-state index in [1.807, 2.05) is 0 Å². The summed E-state index contributed by atoms with van der Waals surface area (Å²) in [7, 11) is 0. The van der Waals surface area contributed by atoms with Crippen LogP contribution in [-0.4, -0.2) is 19.2 Å². The number of rotatable bonds is 3. The molecular formula is C15H15N3O4. The Morgan fingerprint density at radius 3 is 2.45 bits per heavy atom. The molecule has 0 bridgehead atoms. The summed E-state index contributed by atoms with van der Waals surface area (Å²) >= 11 is 0. The predicted molar refractivity (Wildman–Crippen MR) is 81.0 cm³/mol. The summed E-state index contributed by atoms with van der Waals surface area (Å²) in [5.41, 5.74) is -0.171. The van der Waals surface area contributed by atoms with Crippen LogP contribution in [0.3, 0.4) is 0 Å². The van der Waals surface area contributed by atoms with Gasteiger partial charge in [-0.25, -0.2) is 9.78 Å². The molecule has 0 spiro atoms. The fourth-order valence-electron chi connectivity index (χ4n) is 2.42. The van der Waals surface area contributed by atoms with E-state index in [0.717, 1.165) is 9.13 Å². The van der Waals surface area contributed by atoms with Crippen LogP contribution in [0.1, 0.15) is 13.8 Å². The van der Waals surface area contributed by atoms with E-state index in [1.54, 1.807) is 38.1 Å². The minimum absolute atomic E-state index is 0.00750. The molecule has 3 aromatic rings. The Morgan fingerprint density at radius 1 is 1.14 bits per heavy atom. The molecule has 0 aliphatic heterocycles. The monoisotopic (exact) mass is 301 g/mol. The average molecular weight is 301 g/mol. The maximum Gasteiger partial charge on any atom is 0.333 e. The number of benzene rings is 1. The van der Waals surface area contributed by atoms with Gasteiger partial charge < -0.3 is 9.52 Å². The summed E-state index contributed by atoms with van der Waals surface area (Å²) in [4.78, 5) is 28.8. The van der Waals surface area contributed by atoms with E-state index in [9.17, 15) is 14.7 Å². The van der Waals surface area contributed by atoms with E-state index in [0.29, 0.717) is 11.1 Å². The Hall–Kier alpha value is -2.83. The Labute approximate surface area is 125 Å². The zero-order chi connectivity index (χ0) is 15.9. The fourth-order valence-corrected chi connectivity index (χ4v) is 2.42. The van der Waals surface area contributed by atoms with Gasteiger partial charge in [0.2, 0.25) is 11.8 Å². The van der Waals surface area contributed by atoms with Crippen molar-refractivity contribution < 1.29 is 9.52 Å². The highest BCUT2D eigenvalue weighted by Gasteiger charge is 2.23. The molecule has 0 fully saturated rings. The van der Waals surface area contributed by atoms with E-state index in [4.69, 9.17) is 4.42 Å². The minimum atomic E-state index is -0.610. The molecule has 114 valence electrons. The van der Waals surface area contributed by atoms with E-state index in [1.165, 1.54) is 0 Å². The van der Waals surface area contributed by atoms with Gasteiger partial charge in [-0.1, -0.05) is 12.1 Å². The van der Waals surface area contributed by atoms with Gasteiger partial charge in [-0.2, -0.15) is 0 Å². The van der Waals surface area contributed by atoms with Crippen LogP contribution >= 0.6 is 0 Å². The molecule has 2 aromatic heterocycles. The molecule has 0 amide bonds. The number of aromatic hydroxyl groups is 1. The third-order valence-corrected chi connectivity index (χ3v) is 3.54. The van der Waals surface area contributed by atoms with Gasteiger partial charge in [-0.3, -0.25) is 13.9 Å². The standard InChI is InChI=1S/C15H15N3O4/c1-3-17-13(19)11(14(20)18(4-2)15(17)21)12-16-9-7-5-6-8-10(9)22-12/h5-8,19H,3-4H2,1-2H3. The molecule has 0 aliphatic rings. The normalized spacial score (nSPS) is 11.2. The Kier molecular flexibility index (Phi) is 3.32. The van der Waals surface area contributed by atoms with Crippen molar-refractivity contribution >= 4 is 11.1 Å². The van der Waals surface area contributed by atoms with Crippen molar-refractivity contribution in [2.24, 2.45) is 0 Å². The van der Waals surface area contributed by atoms with Crippen molar-refractivity contribution in [2.75, 3.05) is 0 Å². The van der Waals surface area contributed by atoms with Gasteiger partial charge >= 0.3 is 5.69 Å². The Morgan fingerprint density at radius 2 is 1.82 bits per heavy atom. The van der Waals surface area contributed by atoms with Gasteiger partial charge in [0, 0.05) is 13.1 Å². The highest BCUT2D eigenvalue weighted by atomic mass is 16.4. The molecule has 7 nitrogen and oxygen atoms in total. The van der Waals surface area contributed by atoms with E-state index >= 15 is 0 Å². The molecule has 0 saturated heterocycles. The molecule has 3 rings (SSSR count). The third kappa shape index (κ3) is 1.93. The van der Waals surface area contributed by atoms with Crippen molar-refractivity contribution in [3.05, 3.63) is 45.1 Å². The lowest BCUT2D eigenvalue weighted by Crippen LogP contribution is -2.40.